The Balaban J connectivity index is 2.15. The third kappa shape index (κ3) is 3.01. The second-order valence-electron chi connectivity index (χ2n) is 4.66. The SMILES string of the molecule is CC(Nc1ccc([N+](=O)[O-])cc1C#N)C1CCOC1. The molecule has 0 aromatic heterocycles. The summed E-state index contributed by atoms with van der Waals surface area (Å²) in [7, 11) is 0. The van der Waals surface area contributed by atoms with Crippen molar-refractivity contribution >= 4 is 11.4 Å². The Morgan fingerprint density at radius 2 is 2.42 bits per heavy atom. The third-order valence-corrected chi connectivity index (χ3v) is 3.39. The Morgan fingerprint density at radius 3 is 3.00 bits per heavy atom. The third-order valence-electron chi connectivity index (χ3n) is 3.39. The molecule has 1 saturated heterocycles. The maximum absolute atomic E-state index is 10.7. The number of nitriles is 1. The number of non-ortho nitro benzene ring substituents is 1. The van der Waals surface area contributed by atoms with Crippen LogP contribution < -0.4 is 5.32 Å². The van der Waals surface area contributed by atoms with Gasteiger partial charge < -0.3 is 10.1 Å². The number of nitro groups is 1. The second kappa shape index (κ2) is 5.67. The molecule has 0 saturated carbocycles. The molecule has 0 aliphatic carbocycles. The number of hydrogen-bond donors (Lipinski definition) is 1. The van der Waals surface area contributed by atoms with E-state index in [1.54, 1.807) is 6.07 Å². The van der Waals surface area contributed by atoms with Gasteiger partial charge in [0.15, 0.2) is 0 Å². The molecule has 1 heterocycles. The summed E-state index contributed by atoms with van der Waals surface area (Å²) in [4.78, 5) is 10.2. The van der Waals surface area contributed by atoms with Crippen molar-refractivity contribution in [3.05, 3.63) is 33.9 Å². The molecule has 1 aromatic rings. The minimum absolute atomic E-state index is 0.0704. The van der Waals surface area contributed by atoms with Crippen molar-refractivity contribution in [1.82, 2.24) is 0 Å². The first kappa shape index (κ1) is 13.3. The fraction of sp³-hybridized carbons (Fsp3) is 0.462. The molecule has 0 bridgehead atoms. The van der Waals surface area contributed by atoms with Crippen LogP contribution in [0.1, 0.15) is 18.9 Å². The zero-order valence-corrected chi connectivity index (χ0v) is 10.6. The monoisotopic (exact) mass is 261 g/mol. The normalized spacial score (nSPS) is 19.7. The van der Waals surface area contributed by atoms with E-state index in [1.165, 1.54) is 12.1 Å². The minimum atomic E-state index is -0.501. The summed E-state index contributed by atoms with van der Waals surface area (Å²) in [6.07, 6.45) is 0.989. The average molecular weight is 261 g/mol. The lowest BCUT2D eigenvalue weighted by molar-refractivity contribution is -0.384. The molecular formula is C13H15N3O3. The van der Waals surface area contributed by atoms with Gasteiger partial charge in [-0.25, -0.2) is 0 Å². The quantitative estimate of drug-likeness (QED) is 0.663. The molecule has 1 fully saturated rings. The average Bonchev–Trinajstić information content (AvgIpc) is 2.92. The van der Waals surface area contributed by atoms with Crippen LogP contribution in [0.15, 0.2) is 18.2 Å². The lowest BCUT2D eigenvalue weighted by atomic mass is 10.00. The first-order valence-electron chi connectivity index (χ1n) is 6.14. The molecule has 2 rings (SSSR count). The lowest BCUT2D eigenvalue weighted by Gasteiger charge is -2.21. The van der Waals surface area contributed by atoms with Crippen molar-refractivity contribution in [1.29, 1.82) is 5.26 Å². The molecule has 6 nitrogen and oxygen atoms in total. The van der Waals surface area contributed by atoms with Crippen LogP contribution in [-0.4, -0.2) is 24.2 Å². The maximum atomic E-state index is 10.7. The Morgan fingerprint density at radius 1 is 1.63 bits per heavy atom. The van der Waals surface area contributed by atoms with Crippen LogP contribution in [0.25, 0.3) is 0 Å². The van der Waals surface area contributed by atoms with Gasteiger partial charge in [-0.3, -0.25) is 10.1 Å². The highest BCUT2D eigenvalue weighted by Gasteiger charge is 2.23. The Kier molecular flexibility index (Phi) is 3.97. The molecule has 19 heavy (non-hydrogen) atoms. The van der Waals surface area contributed by atoms with Crippen LogP contribution in [0.5, 0.6) is 0 Å². The number of nitro benzene ring substituents is 1. The topological polar surface area (TPSA) is 88.2 Å². The number of ether oxygens (including phenoxy) is 1. The van der Waals surface area contributed by atoms with Crippen LogP contribution in [0.3, 0.4) is 0 Å². The van der Waals surface area contributed by atoms with Crippen molar-refractivity contribution in [2.45, 2.75) is 19.4 Å². The molecule has 1 aliphatic heterocycles. The van der Waals surface area contributed by atoms with Crippen LogP contribution in [0.2, 0.25) is 0 Å². The van der Waals surface area contributed by atoms with Gasteiger partial charge in [0.1, 0.15) is 6.07 Å². The minimum Gasteiger partial charge on any atom is -0.381 e. The molecule has 2 unspecified atom stereocenters. The van der Waals surface area contributed by atoms with E-state index < -0.39 is 4.92 Å². The van der Waals surface area contributed by atoms with Gasteiger partial charge in [0.2, 0.25) is 0 Å². The zero-order chi connectivity index (χ0) is 13.8. The van der Waals surface area contributed by atoms with E-state index in [2.05, 4.69) is 5.32 Å². The fourth-order valence-corrected chi connectivity index (χ4v) is 2.17. The van der Waals surface area contributed by atoms with Crippen LogP contribution in [0, 0.1) is 27.4 Å². The van der Waals surface area contributed by atoms with Gasteiger partial charge in [-0.15, -0.1) is 0 Å². The summed E-state index contributed by atoms with van der Waals surface area (Å²) in [5.74, 6) is 0.404. The molecule has 0 spiro atoms. The largest absolute Gasteiger partial charge is 0.381 e. The Bertz CT molecular complexity index is 518. The number of benzene rings is 1. The molecular weight excluding hydrogens is 246 g/mol. The molecule has 1 aliphatic rings. The fourth-order valence-electron chi connectivity index (χ4n) is 2.17. The molecule has 2 atom stereocenters. The van der Waals surface area contributed by atoms with Gasteiger partial charge in [-0.05, 0) is 19.4 Å². The lowest BCUT2D eigenvalue weighted by Crippen LogP contribution is -2.26. The second-order valence-corrected chi connectivity index (χ2v) is 4.66. The summed E-state index contributed by atoms with van der Waals surface area (Å²) in [6, 6.07) is 6.43. The summed E-state index contributed by atoms with van der Waals surface area (Å²) in [5.41, 5.74) is 0.853. The van der Waals surface area contributed by atoms with Crippen LogP contribution >= 0.6 is 0 Å². The van der Waals surface area contributed by atoms with Gasteiger partial charge in [-0.1, -0.05) is 0 Å². The number of rotatable bonds is 4. The van der Waals surface area contributed by atoms with Crippen molar-refractivity contribution in [3.8, 4) is 6.07 Å². The Labute approximate surface area is 111 Å². The van der Waals surface area contributed by atoms with E-state index in [4.69, 9.17) is 10.00 Å². The molecule has 1 N–H and O–H groups in total. The van der Waals surface area contributed by atoms with E-state index in [0.29, 0.717) is 23.8 Å². The number of nitrogens with zero attached hydrogens (tertiary/aromatic N) is 2. The maximum Gasteiger partial charge on any atom is 0.270 e. The van der Waals surface area contributed by atoms with Crippen molar-refractivity contribution in [2.75, 3.05) is 18.5 Å². The van der Waals surface area contributed by atoms with Gasteiger partial charge in [0.25, 0.3) is 5.69 Å². The van der Waals surface area contributed by atoms with Gasteiger partial charge in [0.05, 0.1) is 22.8 Å². The summed E-state index contributed by atoms with van der Waals surface area (Å²) in [6.45, 7) is 3.51. The number of anilines is 1. The highest BCUT2D eigenvalue weighted by Crippen LogP contribution is 2.25. The molecule has 0 amide bonds. The van der Waals surface area contributed by atoms with E-state index in [1.807, 2.05) is 13.0 Å². The van der Waals surface area contributed by atoms with Gasteiger partial charge in [-0.2, -0.15) is 5.26 Å². The predicted octanol–water partition coefficient (Wildman–Crippen LogP) is 2.30. The van der Waals surface area contributed by atoms with Crippen molar-refractivity contribution < 1.29 is 9.66 Å². The molecule has 0 radical (unpaired) electrons. The first-order valence-corrected chi connectivity index (χ1v) is 6.14. The summed E-state index contributed by atoms with van der Waals surface area (Å²) in [5, 5.41) is 23.0. The van der Waals surface area contributed by atoms with Crippen molar-refractivity contribution in [2.24, 2.45) is 5.92 Å². The highest BCUT2D eigenvalue weighted by molar-refractivity contribution is 5.61. The summed E-state index contributed by atoms with van der Waals surface area (Å²) >= 11 is 0. The van der Waals surface area contributed by atoms with Gasteiger partial charge >= 0.3 is 0 Å². The molecule has 6 heteroatoms. The smallest absolute Gasteiger partial charge is 0.270 e. The molecule has 100 valence electrons. The standard InChI is InChI=1S/C13H15N3O3/c1-9(10-4-5-19-8-10)15-13-3-2-12(16(17)18)6-11(13)7-14/h2-3,6,9-10,15H,4-5,8H2,1H3. The van der Waals surface area contributed by atoms with Crippen LogP contribution in [-0.2, 0) is 4.74 Å². The molecule has 1 aromatic carbocycles. The van der Waals surface area contributed by atoms with E-state index in [0.717, 1.165) is 13.0 Å². The van der Waals surface area contributed by atoms with Crippen molar-refractivity contribution in [3.63, 3.8) is 0 Å². The summed E-state index contributed by atoms with van der Waals surface area (Å²) < 4.78 is 5.33. The van der Waals surface area contributed by atoms with Crippen LogP contribution in [0.4, 0.5) is 11.4 Å². The van der Waals surface area contributed by atoms with E-state index in [9.17, 15) is 10.1 Å². The van der Waals surface area contributed by atoms with Gasteiger partial charge in [0, 0.05) is 30.7 Å². The highest BCUT2D eigenvalue weighted by atomic mass is 16.6. The Hall–Kier alpha value is -2.13. The van der Waals surface area contributed by atoms with E-state index >= 15 is 0 Å². The predicted molar refractivity (Wildman–Crippen MR) is 69.8 cm³/mol. The number of hydrogen-bond acceptors (Lipinski definition) is 5. The van der Waals surface area contributed by atoms with E-state index in [-0.39, 0.29) is 11.7 Å². The zero-order valence-electron chi connectivity index (χ0n) is 10.6. The first-order chi connectivity index (χ1) is 9.11. The number of nitrogens with one attached hydrogen (secondary N) is 1.